The van der Waals surface area contributed by atoms with Crippen LogP contribution in [0, 0.1) is 10.6 Å². The summed E-state index contributed by atoms with van der Waals surface area (Å²) in [6, 6.07) is 3.48. The lowest BCUT2D eigenvalue weighted by molar-refractivity contribution is 0.0758. The molecular formula is C13H14BrFN2OS. The van der Waals surface area contributed by atoms with Gasteiger partial charge in [0.05, 0.1) is 27.7 Å². The molecule has 19 heavy (non-hydrogen) atoms. The zero-order chi connectivity index (χ0) is 13.6. The maximum absolute atomic E-state index is 13.6. The molecule has 1 aromatic carbocycles. The lowest BCUT2D eigenvalue weighted by atomic mass is 10.2. The van der Waals surface area contributed by atoms with Crippen LogP contribution < -0.4 is 0 Å². The standard InChI is InChI=1S/C13H14BrFN2OS/c1-18-12-4-2-3-10(12)17-11-5-7(14)8(15)6-9(11)16-13(17)19/h5-6,10,12H,2-4H2,1H3,(H,16,19). The topological polar surface area (TPSA) is 29.9 Å². The van der Waals surface area contributed by atoms with Crippen molar-refractivity contribution in [1.29, 1.82) is 0 Å². The number of methoxy groups -OCH3 is 1. The molecule has 1 aliphatic carbocycles. The summed E-state index contributed by atoms with van der Waals surface area (Å²) in [5.74, 6) is -0.286. The maximum Gasteiger partial charge on any atom is 0.178 e. The van der Waals surface area contributed by atoms with Crippen LogP contribution in [0.3, 0.4) is 0 Å². The van der Waals surface area contributed by atoms with Gasteiger partial charge in [-0.25, -0.2) is 4.39 Å². The Labute approximate surface area is 123 Å². The van der Waals surface area contributed by atoms with Crippen molar-refractivity contribution in [3.63, 3.8) is 0 Å². The second-order valence-electron chi connectivity index (χ2n) is 4.86. The molecule has 1 aliphatic rings. The number of H-pyrrole nitrogens is 1. The Balaban J connectivity index is 2.20. The van der Waals surface area contributed by atoms with E-state index < -0.39 is 0 Å². The molecule has 3 nitrogen and oxygen atoms in total. The average molecular weight is 345 g/mol. The molecule has 2 unspecified atom stereocenters. The number of ether oxygens (including phenoxy) is 1. The van der Waals surface area contributed by atoms with Crippen molar-refractivity contribution in [3.05, 3.63) is 27.2 Å². The first-order valence-corrected chi connectivity index (χ1v) is 7.44. The predicted molar refractivity (Wildman–Crippen MR) is 78.5 cm³/mol. The molecule has 3 rings (SSSR count). The first kappa shape index (κ1) is 13.3. The Kier molecular flexibility index (Phi) is 3.49. The smallest absolute Gasteiger partial charge is 0.178 e. The van der Waals surface area contributed by atoms with Gasteiger partial charge in [-0.1, -0.05) is 0 Å². The molecule has 0 radical (unpaired) electrons. The van der Waals surface area contributed by atoms with Crippen LogP contribution in [0.25, 0.3) is 11.0 Å². The Morgan fingerprint density at radius 3 is 3.00 bits per heavy atom. The molecule has 1 heterocycles. The lowest BCUT2D eigenvalue weighted by Gasteiger charge is -2.20. The largest absolute Gasteiger partial charge is 0.379 e. The molecule has 0 spiro atoms. The highest BCUT2D eigenvalue weighted by molar-refractivity contribution is 9.10. The van der Waals surface area contributed by atoms with E-state index in [9.17, 15) is 4.39 Å². The minimum atomic E-state index is -0.286. The number of rotatable bonds is 2. The first-order chi connectivity index (χ1) is 9.11. The van der Waals surface area contributed by atoms with E-state index in [1.54, 1.807) is 13.2 Å². The highest BCUT2D eigenvalue weighted by Crippen LogP contribution is 2.35. The number of hydrogen-bond donors (Lipinski definition) is 1. The fourth-order valence-corrected chi connectivity index (χ4v) is 3.60. The fourth-order valence-electron chi connectivity index (χ4n) is 2.93. The molecule has 1 N–H and O–H groups in total. The van der Waals surface area contributed by atoms with Gasteiger partial charge in [-0.3, -0.25) is 0 Å². The van der Waals surface area contributed by atoms with Crippen LogP contribution in [0.15, 0.2) is 16.6 Å². The molecule has 0 saturated heterocycles. The molecular weight excluding hydrogens is 331 g/mol. The molecule has 0 bridgehead atoms. The molecule has 1 aromatic heterocycles. The molecule has 6 heteroatoms. The molecule has 0 aliphatic heterocycles. The second-order valence-corrected chi connectivity index (χ2v) is 6.10. The van der Waals surface area contributed by atoms with Crippen molar-refractivity contribution >= 4 is 39.2 Å². The van der Waals surface area contributed by atoms with Crippen molar-refractivity contribution in [2.45, 2.75) is 31.4 Å². The number of nitrogens with one attached hydrogen (secondary N) is 1. The summed E-state index contributed by atoms with van der Waals surface area (Å²) >= 11 is 8.62. The van der Waals surface area contributed by atoms with E-state index in [0.29, 0.717) is 9.24 Å². The lowest BCUT2D eigenvalue weighted by Crippen LogP contribution is -2.20. The first-order valence-electron chi connectivity index (χ1n) is 6.24. The molecule has 1 fully saturated rings. The predicted octanol–water partition coefficient (Wildman–Crippen LogP) is 4.34. The van der Waals surface area contributed by atoms with Gasteiger partial charge < -0.3 is 14.3 Å². The maximum atomic E-state index is 13.6. The Morgan fingerprint density at radius 2 is 2.26 bits per heavy atom. The van der Waals surface area contributed by atoms with Crippen LogP contribution in [-0.2, 0) is 4.74 Å². The Hall–Kier alpha value is -0.720. The second kappa shape index (κ2) is 5.00. The van der Waals surface area contributed by atoms with E-state index in [2.05, 4.69) is 25.5 Å². The van der Waals surface area contributed by atoms with Gasteiger partial charge in [0.2, 0.25) is 0 Å². The van der Waals surface area contributed by atoms with Gasteiger partial charge in [0.15, 0.2) is 4.77 Å². The monoisotopic (exact) mass is 344 g/mol. The van der Waals surface area contributed by atoms with E-state index in [1.807, 2.05) is 0 Å². The van der Waals surface area contributed by atoms with Gasteiger partial charge in [-0.05, 0) is 53.5 Å². The van der Waals surface area contributed by atoms with Gasteiger partial charge in [-0.15, -0.1) is 0 Å². The Morgan fingerprint density at radius 1 is 1.47 bits per heavy atom. The van der Waals surface area contributed by atoms with Crippen molar-refractivity contribution < 1.29 is 9.13 Å². The van der Waals surface area contributed by atoms with E-state index in [4.69, 9.17) is 17.0 Å². The zero-order valence-corrected chi connectivity index (χ0v) is 12.9. The summed E-state index contributed by atoms with van der Waals surface area (Å²) in [5.41, 5.74) is 1.65. The van der Waals surface area contributed by atoms with Gasteiger partial charge in [0.1, 0.15) is 5.82 Å². The fraction of sp³-hybridized carbons (Fsp3) is 0.462. The minimum Gasteiger partial charge on any atom is -0.379 e. The van der Waals surface area contributed by atoms with Crippen LogP contribution in [-0.4, -0.2) is 22.8 Å². The van der Waals surface area contributed by atoms with Gasteiger partial charge in [-0.2, -0.15) is 0 Å². The summed E-state index contributed by atoms with van der Waals surface area (Å²) in [6.45, 7) is 0. The number of halogens is 2. The number of aromatic amines is 1. The van der Waals surface area contributed by atoms with Crippen LogP contribution in [0.1, 0.15) is 25.3 Å². The van der Waals surface area contributed by atoms with Crippen LogP contribution in [0.2, 0.25) is 0 Å². The third kappa shape index (κ3) is 2.15. The highest BCUT2D eigenvalue weighted by atomic mass is 79.9. The number of benzene rings is 1. The van der Waals surface area contributed by atoms with Gasteiger partial charge in [0, 0.05) is 13.2 Å². The summed E-state index contributed by atoms with van der Waals surface area (Å²) in [5, 5.41) is 0. The van der Waals surface area contributed by atoms with Crippen LogP contribution in [0.5, 0.6) is 0 Å². The van der Waals surface area contributed by atoms with Crippen LogP contribution in [0.4, 0.5) is 4.39 Å². The van der Waals surface area contributed by atoms with Crippen molar-refractivity contribution in [2.75, 3.05) is 7.11 Å². The summed E-state index contributed by atoms with van der Waals surface area (Å²) in [6.07, 6.45) is 3.38. The summed E-state index contributed by atoms with van der Waals surface area (Å²) in [4.78, 5) is 3.08. The average Bonchev–Trinajstić information content (AvgIpc) is 2.93. The summed E-state index contributed by atoms with van der Waals surface area (Å²) in [7, 11) is 1.73. The van der Waals surface area contributed by atoms with Crippen molar-refractivity contribution in [3.8, 4) is 0 Å². The number of imidazole rings is 1. The van der Waals surface area contributed by atoms with E-state index in [-0.39, 0.29) is 18.0 Å². The van der Waals surface area contributed by atoms with Crippen molar-refractivity contribution in [2.24, 2.45) is 0 Å². The molecule has 102 valence electrons. The molecule has 0 amide bonds. The number of fused-ring (bicyclic) bond motifs is 1. The number of aromatic nitrogens is 2. The van der Waals surface area contributed by atoms with Crippen LogP contribution >= 0.6 is 28.1 Å². The minimum absolute atomic E-state index is 0.175. The number of nitrogens with zero attached hydrogens (tertiary/aromatic N) is 1. The number of hydrogen-bond acceptors (Lipinski definition) is 2. The molecule has 2 atom stereocenters. The highest BCUT2D eigenvalue weighted by Gasteiger charge is 2.30. The third-order valence-electron chi connectivity index (χ3n) is 3.81. The zero-order valence-electron chi connectivity index (χ0n) is 10.5. The quantitative estimate of drug-likeness (QED) is 0.821. The van der Waals surface area contributed by atoms with E-state index >= 15 is 0 Å². The Bertz CT molecular complexity index is 681. The van der Waals surface area contributed by atoms with Gasteiger partial charge >= 0.3 is 0 Å². The summed E-state index contributed by atoms with van der Waals surface area (Å²) < 4.78 is 22.3. The van der Waals surface area contributed by atoms with Crippen molar-refractivity contribution in [1.82, 2.24) is 9.55 Å². The van der Waals surface area contributed by atoms with E-state index in [1.165, 1.54) is 6.07 Å². The third-order valence-corrected chi connectivity index (χ3v) is 4.72. The normalized spacial score (nSPS) is 23.3. The SMILES string of the molecule is COC1CCCC1n1c(=S)[nH]c2cc(F)c(Br)cc21. The van der Waals surface area contributed by atoms with E-state index in [0.717, 1.165) is 30.3 Å². The van der Waals surface area contributed by atoms with Gasteiger partial charge in [0.25, 0.3) is 0 Å². The molecule has 1 saturated carbocycles. The molecule has 2 aromatic rings.